The van der Waals surface area contributed by atoms with Crippen molar-refractivity contribution < 1.29 is 9.90 Å². The molecule has 0 saturated carbocycles. The van der Waals surface area contributed by atoms with E-state index in [4.69, 9.17) is 0 Å². The van der Waals surface area contributed by atoms with Gasteiger partial charge >= 0.3 is 5.97 Å². The molecule has 0 aliphatic carbocycles. The maximum Gasteiger partial charge on any atom is 0.325 e. The van der Waals surface area contributed by atoms with Crippen LogP contribution in [0.2, 0.25) is 0 Å². The summed E-state index contributed by atoms with van der Waals surface area (Å²) in [4.78, 5) is 13.5. The third kappa shape index (κ3) is 2.76. The Morgan fingerprint density at radius 1 is 1.11 bits per heavy atom. The Kier molecular flexibility index (Phi) is 4.17. The lowest BCUT2D eigenvalue weighted by Crippen LogP contribution is -2.33. The molecule has 1 unspecified atom stereocenters. The molecule has 3 heteroatoms. The molecule has 0 bridgehead atoms. The van der Waals surface area contributed by atoms with Gasteiger partial charge in [-0.05, 0) is 35.5 Å². The first kappa shape index (κ1) is 13.6. The molecule has 0 aromatic heterocycles. The third-order valence-corrected chi connectivity index (χ3v) is 3.50. The molecule has 19 heavy (non-hydrogen) atoms. The fraction of sp³-hybridized carbons (Fsp3) is 0.312. The minimum Gasteiger partial charge on any atom is -0.480 e. The Labute approximate surface area is 113 Å². The highest BCUT2D eigenvalue weighted by atomic mass is 16.4. The van der Waals surface area contributed by atoms with Gasteiger partial charge < -0.3 is 5.11 Å². The van der Waals surface area contributed by atoms with E-state index in [0.29, 0.717) is 0 Å². The van der Waals surface area contributed by atoms with Gasteiger partial charge in [0.1, 0.15) is 6.04 Å². The van der Waals surface area contributed by atoms with E-state index >= 15 is 0 Å². The van der Waals surface area contributed by atoms with Crippen LogP contribution in [0.5, 0.6) is 0 Å². The van der Waals surface area contributed by atoms with Crippen LogP contribution >= 0.6 is 0 Å². The van der Waals surface area contributed by atoms with Crippen molar-refractivity contribution in [1.82, 2.24) is 4.90 Å². The second-order valence-electron chi connectivity index (χ2n) is 4.57. The SMILES string of the molecule is CCN(CC)C(C(=O)O)c1ccc2ccccc2c1. The van der Waals surface area contributed by atoms with Crippen LogP contribution in [0.25, 0.3) is 10.8 Å². The number of hydrogen-bond donors (Lipinski definition) is 1. The summed E-state index contributed by atoms with van der Waals surface area (Å²) in [7, 11) is 0. The molecule has 0 aliphatic heterocycles. The van der Waals surface area contributed by atoms with Crippen LogP contribution in [-0.4, -0.2) is 29.1 Å². The lowest BCUT2D eigenvalue weighted by molar-refractivity contribution is -0.143. The van der Waals surface area contributed by atoms with E-state index in [1.54, 1.807) is 0 Å². The summed E-state index contributed by atoms with van der Waals surface area (Å²) in [6, 6.07) is 13.3. The zero-order valence-electron chi connectivity index (χ0n) is 11.3. The number of rotatable bonds is 5. The van der Waals surface area contributed by atoms with E-state index in [1.165, 1.54) is 0 Å². The van der Waals surface area contributed by atoms with Crippen LogP contribution in [0.15, 0.2) is 42.5 Å². The Morgan fingerprint density at radius 2 is 1.74 bits per heavy atom. The van der Waals surface area contributed by atoms with Crippen LogP contribution in [-0.2, 0) is 4.79 Å². The number of carboxylic acid groups (broad SMARTS) is 1. The summed E-state index contributed by atoms with van der Waals surface area (Å²) in [5, 5.41) is 11.7. The molecule has 100 valence electrons. The van der Waals surface area contributed by atoms with Crippen molar-refractivity contribution in [2.45, 2.75) is 19.9 Å². The van der Waals surface area contributed by atoms with Crippen LogP contribution in [0, 0.1) is 0 Å². The quantitative estimate of drug-likeness (QED) is 0.893. The van der Waals surface area contributed by atoms with Gasteiger partial charge in [0, 0.05) is 0 Å². The van der Waals surface area contributed by atoms with Gasteiger partial charge in [0.2, 0.25) is 0 Å². The fourth-order valence-electron chi connectivity index (χ4n) is 2.48. The van der Waals surface area contributed by atoms with Crippen LogP contribution in [0.1, 0.15) is 25.5 Å². The van der Waals surface area contributed by atoms with Crippen molar-refractivity contribution in [2.24, 2.45) is 0 Å². The third-order valence-electron chi connectivity index (χ3n) is 3.50. The molecule has 1 N–H and O–H groups in total. The smallest absolute Gasteiger partial charge is 0.325 e. The first-order valence-electron chi connectivity index (χ1n) is 6.63. The molecule has 0 saturated heterocycles. The summed E-state index contributed by atoms with van der Waals surface area (Å²) >= 11 is 0. The number of benzene rings is 2. The number of likely N-dealkylation sites (N-methyl/N-ethyl adjacent to an activating group) is 1. The van der Waals surface area contributed by atoms with Crippen molar-refractivity contribution in [3.05, 3.63) is 48.0 Å². The normalized spacial score (nSPS) is 12.8. The number of carbonyl (C=O) groups is 1. The maximum atomic E-state index is 11.6. The average Bonchev–Trinajstić information content (AvgIpc) is 2.43. The molecule has 1 atom stereocenters. The molecule has 2 aromatic rings. The Bertz CT molecular complexity index is 576. The Hall–Kier alpha value is -1.87. The highest BCUT2D eigenvalue weighted by molar-refractivity contribution is 5.85. The molecule has 3 nitrogen and oxygen atoms in total. The second-order valence-corrected chi connectivity index (χ2v) is 4.57. The van der Waals surface area contributed by atoms with E-state index in [0.717, 1.165) is 29.4 Å². The van der Waals surface area contributed by atoms with Gasteiger partial charge in [-0.15, -0.1) is 0 Å². The molecular formula is C16H19NO2. The zero-order valence-corrected chi connectivity index (χ0v) is 11.3. The van der Waals surface area contributed by atoms with Crippen molar-refractivity contribution >= 4 is 16.7 Å². The molecular weight excluding hydrogens is 238 g/mol. The summed E-state index contributed by atoms with van der Waals surface area (Å²) < 4.78 is 0. The van der Waals surface area contributed by atoms with E-state index in [1.807, 2.05) is 61.2 Å². The summed E-state index contributed by atoms with van der Waals surface area (Å²) in [5.74, 6) is -0.793. The Morgan fingerprint density at radius 3 is 2.32 bits per heavy atom. The number of carboxylic acids is 1. The highest BCUT2D eigenvalue weighted by Gasteiger charge is 2.25. The standard InChI is InChI=1S/C16H19NO2/c1-3-17(4-2)15(16(18)19)14-10-9-12-7-5-6-8-13(12)11-14/h5-11,15H,3-4H2,1-2H3,(H,18,19). The zero-order chi connectivity index (χ0) is 13.8. The predicted molar refractivity (Wildman–Crippen MR) is 77.2 cm³/mol. The fourth-order valence-corrected chi connectivity index (χ4v) is 2.48. The van der Waals surface area contributed by atoms with Gasteiger partial charge in [0.15, 0.2) is 0 Å². The van der Waals surface area contributed by atoms with Gasteiger partial charge in [-0.25, -0.2) is 0 Å². The monoisotopic (exact) mass is 257 g/mol. The first-order chi connectivity index (χ1) is 9.17. The topological polar surface area (TPSA) is 40.5 Å². The van der Waals surface area contributed by atoms with Gasteiger partial charge in [-0.1, -0.05) is 50.2 Å². The van der Waals surface area contributed by atoms with Crippen LogP contribution in [0.4, 0.5) is 0 Å². The van der Waals surface area contributed by atoms with Crippen molar-refractivity contribution in [3.8, 4) is 0 Å². The predicted octanol–water partition coefficient (Wildman–Crippen LogP) is 3.31. The largest absolute Gasteiger partial charge is 0.480 e. The summed E-state index contributed by atoms with van der Waals surface area (Å²) in [6.07, 6.45) is 0. The lowest BCUT2D eigenvalue weighted by Gasteiger charge is -2.26. The first-order valence-corrected chi connectivity index (χ1v) is 6.63. The van der Waals surface area contributed by atoms with E-state index < -0.39 is 12.0 Å². The number of hydrogen-bond acceptors (Lipinski definition) is 2. The average molecular weight is 257 g/mol. The number of nitrogens with zero attached hydrogens (tertiary/aromatic N) is 1. The molecule has 0 radical (unpaired) electrons. The van der Waals surface area contributed by atoms with Crippen LogP contribution in [0.3, 0.4) is 0 Å². The second kappa shape index (κ2) is 5.85. The van der Waals surface area contributed by atoms with Gasteiger partial charge in [-0.3, -0.25) is 9.69 Å². The van der Waals surface area contributed by atoms with E-state index in [9.17, 15) is 9.90 Å². The molecule has 2 rings (SSSR count). The minimum absolute atomic E-state index is 0.570. The van der Waals surface area contributed by atoms with E-state index in [-0.39, 0.29) is 0 Å². The molecule has 2 aromatic carbocycles. The van der Waals surface area contributed by atoms with Gasteiger partial charge in [0.05, 0.1) is 0 Å². The molecule has 0 amide bonds. The van der Waals surface area contributed by atoms with Crippen molar-refractivity contribution in [1.29, 1.82) is 0 Å². The van der Waals surface area contributed by atoms with Gasteiger partial charge in [-0.2, -0.15) is 0 Å². The molecule has 0 fully saturated rings. The maximum absolute atomic E-state index is 11.6. The van der Waals surface area contributed by atoms with E-state index in [2.05, 4.69) is 0 Å². The Balaban J connectivity index is 2.47. The molecule has 0 aliphatic rings. The number of aliphatic carboxylic acids is 1. The molecule has 0 spiro atoms. The van der Waals surface area contributed by atoms with Crippen molar-refractivity contribution in [2.75, 3.05) is 13.1 Å². The van der Waals surface area contributed by atoms with Crippen molar-refractivity contribution in [3.63, 3.8) is 0 Å². The summed E-state index contributed by atoms with van der Waals surface area (Å²) in [5.41, 5.74) is 0.843. The molecule has 0 heterocycles. The number of fused-ring (bicyclic) bond motifs is 1. The van der Waals surface area contributed by atoms with Crippen LogP contribution < -0.4 is 0 Å². The minimum atomic E-state index is -0.793. The highest BCUT2D eigenvalue weighted by Crippen LogP contribution is 2.25. The van der Waals surface area contributed by atoms with Gasteiger partial charge in [0.25, 0.3) is 0 Å². The lowest BCUT2D eigenvalue weighted by atomic mass is 10.0. The summed E-state index contributed by atoms with van der Waals surface area (Å²) in [6.45, 7) is 5.42.